The van der Waals surface area contributed by atoms with Crippen molar-refractivity contribution in [3.63, 3.8) is 0 Å². The second kappa shape index (κ2) is 5.95. The Morgan fingerprint density at radius 1 is 1.50 bits per heavy atom. The molecule has 0 aliphatic carbocycles. The first-order valence-electron chi connectivity index (χ1n) is 5.76. The molecule has 0 aromatic rings. The van der Waals surface area contributed by atoms with Crippen molar-refractivity contribution in [1.29, 1.82) is 0 Å². The molecule has 6 heteroatoms. The lowest BCUT2D eigenvalue weighted by Crippen LogP contribution is -2.41. The fraction of sp³-hybridized carbons (Fsp3) is 1.00. The first-order valence-corrected chi connectivity index (χ1v) is 7.37. The van der Waals surface area contributed by atoms with Gasteiger partial charge in [-0.3, -0.25) is 0 Å². The average Bonchev–Trinajstić information content (AvgIpc) is 2.61. The van der Waals surface area contributed by atoms with Crippen molar-refractivity contribution in [3.05, 3.63) is 0 Å². The van der Waals surface area contributed by atoms with Gasteiger partial charge in [0.05, 0.1) is 5.75 Å². The van der Waals surface area contributed by atoms with Crippen LogP contribution in [0.2, 0.25) is 0 Å². The molecule has 0 saturated carbocycles. The Balaban J connectivity index is 2.47. The molecule has 0 aromatic heterocycles. The summed E-state index contributed by atoms with van der Waals surface area (Å²) in [7, 11) is 2.41. The summed E-state index contributed by atoms with van der Waals surface area (Å²) < 4.78 is 25.2. The minimum Gasteiger partial charge on any atom is -0.319 e. The molecule has 1 saturated heterocycles. The summed E-state index contributed by atoms with van der Waals surface area (Å²) in [6.07, 6.45) is 2.27. The molecule has 1 aliphatic heterocycles. The Bertz CT molecular complexity index is 305. The highest BCUT2D eigenvalue weighted by molar-refractivity contribution is 7.89. The van der Waals surface area contributed by atoms with Crippen LogP contribution in [0.25, 0.3) is 0 Å². The molecule has 0 radical (unpaired) electrons. The molecule has 0 amide bonds. The number of hydrogen-bond acceptors (Lipinski definition) is 4. The Labute approximate surface area is 98.8 Å². The Morgan fingerprint density at radius 3 is 2.69 bits per heavy atom. The molecular formula is C10H23N3O2S. The smallest absolute Gasteiger partial charge is 0.215 e. The average molecular weight is 249 g/mol. The third-order valence-corrected chi connectivity index (χ3v) is 5.04. The first kappa shape index (κ1) is 13.9. The van der Waals surface area contributed by atoms with Crippen molar-refractivity contribution in [1.82, 2.24) is 14.5 Å². The topological polar surface area (TPSA) is 52.7 Å². The second-order valence-electron chi connectivity index (χ2n) is 4.48. The molecule has 1 fully saturated rings. The van der Waals surface area contributed by atoms with Gasteiger partial charge in [0.2, 0.25) is 10.0 Å². The van der Waals surface area contributed by atoms with Crippen LogP contribution in [0.4, 0.5) is 0 Å². The number of rotatable bonds is 6. The summed E-state index contributed by atoms with van der Waals surface area (Å²) in [6, 6.07) is 0.384. The zero-order chi connectivity index (χ0) is 12.2. The molecule has 1 atom stereocenters. The molecule has 1 heterocycles. The van der Waals surface area contributed by atoms with Crippen LogP contribution >= 0.6 is 0 Å². The first-order chi connectivity index (χ1) is 7.47. The normalized spacial score (nSPS) is 23.1. The van der Waals surface area contributed by atoms with E-state index in [1.165, 1.54) is 10.7 Å². The number of sulfonamides is 1. The van der Waals surface area contributed by atoms with Gasteiger partial charge in [0.25, 0.3) is 0 Å². The Hall–Kier alpha value is -0.170. The summed E-state index contributed by atoms with van der Waals surface area (Å²) in [4.78, 5) is 2.24. The third-order valence-electron chi connectivity index (χ3n) is 3.22. The minimum atomic E-state index is -3.09. The van der Waals surface area contributed by atoms with E-state index in [4.69, 9.17) is 0 Å². The summed E-state index contributed by atoms with van der Waals surface area (Å²) >= 11 is 0. The summed E-state index contributed by atoms with van der Waals surface area (Å²) in [6.45, 7) is 2.20. The van der Waals surface area contributed by atoms with Crippen LogP contribution in [0, 0.1) is 0 Å². The van der Waals surface area contributed by atoms with E-state index in [0.29, 0.717) is 19.1 Å². The number of likely N-dealkylation sites (tertiary alicyclic amines) is 1. The van der Waals surface area contributed by atoms with E-state index >= 15 is 0 Å². The fourth-order valence-electron chi connectivity index (χ4n) is 2.01. The van der Waals surface area contributed by atoms with Crippen LogP contribution in [-0.2, 0) is 10.0 Å². The number of nitrogens with zero attached hydrogens (tertiary/aromatic N) is 2. The second-order valence-corrected chi connectivity index (χ2v) is 6.67. The van der Waals surface area contributed by atoms with Gasteiger partial charge in [0, 0.05) is 26.2 Å². The zero-order valence-electron chi connectivity index (χ0n) is 10.4. The summed E-state index contributed by atoms with van der Waals surface area (Å²) in [5, 5.41) is 2.86. The van der Waals surface area contributed by atoms with Gasteiger partial charge in [-0.1, -0.05) is 0 Å². The number of nitrogens with one attached hydrogen (secondary N) is 1. The molecule has 0 bridgehead atoms. The lowest BCUT2D eigenvalue weighted by molar-refractivity contribution is 0.271. The molecule has 1 aliphatic rings. The molecule has 0 aromatic carbocycles. The molecule has 1 rings (SSSR count). The summed E-state index contributed by atoms with van der Waals surface area (Å²) in [5.41, 5.74) is 0. The van der Waals surface area contributed by atoms with Gasteiger partial charge in [0.15, 0.2) is 0 Å². The zero-order valence-corrected chi connectivity index (χ0v) is 11.3. The van der Waals surface area contributed by atoms with E-state index in [2.05, 4.69) is 17.3 Å². The Morgan fingerprint density at radius 2 is 2.19 bits per heavy atom. The van der Waals surface area contributed by atoms with Gasteiger partial charge < -0.3 is 10.2 Å². The maximum atomic E-state index is 11.9. The van der Waals surface area contributed by atoms with Crippen LogP contribution in [0.3, 0.4) is 0 Å². The molecule has 1 unspecified atom stereocenters. The van der Waals surface area contributed by atoms with Crippen molar-refractivity contribution in [2.75, 3.05) is 46.5 Å². The number of likely N-dealkylation sites (N-methyl/N-ethyl adjacent to an activating group) is 2. The molecular weight excluding hydrogens is 226 g/mol. The van der Waals surface area contributed by atoms with Gasteiger partial charge in [0.1, 0.15) is 0 Å². The van der Waals surface area contributed by atoms with Gasteiger partial charge in [-0.2, -0.15) is 0 Å². The monoisotopic (exact) mass is 249 g/mol. The van der Waals surface area contributed by atoms with Crippen LogP contribution in [0.1, 0.15) is 12.8 Å². The highest BCUT2D eigenvalue weighted by Crippen LogP contribution is 2.16. The third kappa shape index (κ3) is 3.69. The van der Waals surface area contributed by atoms with Crippen LogP contribution < -0.4 is 5.32 Å². The molecule has 16 heavy (non-hydrogen) atoms. The molecule has 1 N–H and O–H groups in total. The maximum Gasteiger partial charge on any atom is 0.215 e. The van der Waals surface area contributed by atoms with E-state index in [-0.39, 0.29) is 5.75 Å². The van der Waals surface area contributed by atoms with Crippen molar-refractivity contribution >= 4 is 10.0 Å². The predicted molar refractivity (Wildman–Crippen MR) is 66.0 cm³/mol. The highest BCUT2D eigenvalue weighted by Gasteiger charge is 2.26. The molecule has 0 spiro atoms. The Kier molecular flexibility index (Phi) is 5.17. The largest absolute Gasteiger partial charge is 0.319 e. The van der Waals surface area contributed by atoms with Crippen LogP contribution in [-0.4, -0.2) is 70.2 Å². The van der Waals surface area contributed by atoms with Crippen molar-refractivity contribution in [2.24, 2.45) is 0 Å². The van der Waals surface area contributed by atoms with E-state index in [9.17, 15) is 8.42 Å². The van der Waals surface area contributed by atoms with Crippen molar-refractivity contribution in [3.8, 4) is 0 Å². The lowest BCUT2D eigenvalue weighted by Gasteiger charge is -2.25. The van der Waals surface area contributed by atoms with E-state index in [1.807, 2.05) is 0 Å². The van der Waals surface area contributed by atoms with E-state index < -0.39 is 10.0 Å². The molecule has 5 nitrogen and oxygen atoms in total. The highest BCUT2D eigenvalue weighted by atomic mass is 32.2. The minimum absolute atomic E-state index is 0.177. The lowest BCUT2D eigenvalue weighted by atomic mass is 10.2. The van der Waals surface area contributed by atoms with E-state index in [1.54, 1.807) is 14.1 Å². The van der Waals surface area contributed by atoms with Crippen molar-refractivity contribution < 1.29 is 8.42 Å². The SMILES string of the molecule is CNCCS(=O)(=O)N(C)CC1CCCN1C. The molecule has 96 valence electrons. The van der Waals surface area contributed by atoms with Crippen molar-refractivity contribution in [2.45, 2.75) is 18.9 Å². The quantitative estimate of drug-likeness (QED) is 0.693. The predicted octanol–water partition coefficient (Wildman–Crippen LogP) is -0.438. The number of hydrogen-bond donors (Lipinski definition) is 1. The fourth-order valence-corrected chi connectivity index (χ4v) is 3.18. The van der Waals surface area contributed by atoms with Gasteiger partial charge in [-0.15, -0.1) is 0 Å². The standard InChI is InChI=1S/C10H23N3O2S/c1-11-6-8-16(14,15)13(3)9-10-5-4-7-12(10)2/h10-11H,4-9H2,1-3H3. The van der Waals surface area contributed by atoms with Gasteiger partial charge in [-0.25, -0.2) is 12.7 Å². The summed E-state index contributed by atoms with van der Waals surface area (Å²) in [5.74, 6) is 0.177. The van der Waals surface area contributed by atoms with Crippen LogP contribution in [0.15, 0.2) is 0 Å². The van der Waals surface area contributed by atoms with Gasteiger partial charge in [-0.05, 0) is 33.5 Å². The van der Waals surface area contributed by atoms with Gasteiger partial charge >= 0.3 is 0 Å². The van der Waals surface area contributed by atoms with E-state index in [0.717, 1.165) is 13.0 Å². The van der Waals surface area contributed by atoms with Crippen LogP contribution in [0.5, 0.6) is 0 Å². The maximum absolute atomic E-state index is 11.9.